The Kier molecular flexibility index (Phi) is 2.44. The van der Waals surface area contributed by atoms with Crippen LogP contribution in [0.2, 0.25) is 0 Å². The van der Waals surface area contributed by atoms with Crippen molar-refractivity contribution in [1.82, 2.24) is 0 Å². The van der Waals surface area contributed by atoms with Crippen molar-refractivity contribution in [3.63, 3.8) is 0 Å². The first-order chi connectivity index (χ1) is 4.70. The van der Waals surface area contributed by atoms with Crippen LogP contribution in [0.25, 0.3) is 0 Å². The van der Waals surface area contributed by atoms with E-state index < -0.39 is 0 Å². The standard InChI is InChI=1S/C8H9BrO/c1-6(10)7-2-4-8(9)5-3-7/h2-4,8H,5H2,1H3. The van der Waals surface area contributed by atoms with Gasteiger partial charge in [-0.05, 0) is 13.3 Å². The van der Waals surface area contributed by atoms with Gasteiger partial charge in [0.1, 0.15) is 0 Å². The van der Waals surface area contributed by atoms with Crippen LogP contribution in [-0.2, 0) is 4.79 Å². The Bertz CT molecular complexity index is 203. The maximum atomic E-state index is 10.8. The Hall–Kier alpha value is -0.370. The summed E-state index contributed by atoms with van der Waals surface area (Å²) < 4.78 is 0. The van der Waals surface area contributed by atoms with Gasteiger partial charge in [-0.2, -0.15) is 0 Å². The van der Waals surface area contributed by atoms with Gasteiger partial charge in [-0.3, -0.25) is 4.79 Å². The Balaban J connectivity index is 2.67. The summed E-state index contributed by atoms with van der Waals surface area (Å²) >= 11 is 3.42. The average Bonchev–Trinajstić information content (AvgIpc) is 1.88. The molecule has 0 bridgehead atoms. The summed E-state index contributed by atoms with van der Waals surface area (Å²) in [6.45, 7) is 1.59. The fraction of sp³-hybridized carbons (Fsp3) is 0.375. The van der Waals surface area contributed by atoms with Crippen LogP contribution in [0.3, 0.4) is 0 Å². The predicted octanol–water partition coefficient (Wildman–Crippen LogP) is 2.23. The minimum absolute atomic E-state index is 0.149. The minimum Gasteiger partial charge on any atom is -0.295 e. The predicted molar refractivity (Wildman–Crippen MR) is 45.2 cm³/mol. The topological polar surface area (TPSA) is 17.1 Å². The molecule has 10 heavy (non-hydrogen) atoms. The molecular formula is C8H9BrO. The van der Waals surface area contributed by atoms with Crippen LogP contribution in [0.1, 0.15) is 13.3 Å². The van der Waals surface area contributed by atoms with Crippen molar-refractivity contribution in [2.24, 2.45) is 0 Å². The number of halogens is 1. The molecule has 2 heteroatoms. The molecule has 0 saturated carbocycles. The second kappa shape index (κ2) is 3.15. The molecule has 1 nitrogen and oxygen atoms in total. The third kappa shape index (κ3) is 1.81. The van der Waals surface area contributed by atoms with Crippen molar-refractivity contribution < 1.29 is 4.79 Å². The van der Waals surface area contributed by atoms with Gasteiger partial charge in [0.25, 0.3) is 0 Å². The molecule has 1 atom stereocenters. The van der Waals surface area contributed by atoms with Crippen molar-refractivity contribution in [2.45, 2.75) is 18.2 Å². The van der Waals surface area contributed by atoms with Gasteiger partial charge in [-0.15, -0.1) is 0 Å². The second-order valence-electron chi connectivity index (χ2n) is 2.33. The zero-order chi connectivity index (χ0) is 7.56. The van der Waals surface area contributed by atoms with Crippen molar-refractivity contribution in [1.29, 1.82) is 0 Å². The summed E-state index contributed by atoms with van der Waals surface area (Å²) in [6.07, 6.45) is 6.75. The average molecular weight is 201 g/mol. The van der Waals surface area contributed by atoms with Crippen molar-refractivity contribution in [3.8, 4) is 0 Å². The van der Waals surface area contributed by atoms with E-state index in [1.165, 1.54) is 0 Å². The van der Waals surface area contributed by atoms with Gasteiger partial charge in [0, 0.05) is 10.4 Å². The van der Waals surface area contributed by atoms with Crippen LogP contribution in [0.4, 0.5) is 0 Å². The summed E-state index contributed by atoms with van der Waals surface area (Å²) in [6, 6.07) is 0. The SMILES string of the molecule is CC(=O)C1=CCC(Br)C=C1. The number of hydrogen-bond acceptors (Lipinski definition) is 1. The number of Topliss-reactive ketones (excluding diaryl/α,β-unsaturated/α-hetero) is 1. The van der Waals surface area contributed by atoms with E-state index >= 15 is 0 Å². The molecule has 0 N–H and O–H groups in total. The van der Waals surface area contributed by atoms with E-state index in [1.54, 1.807) is 6.92 Å². The largest absolute Gasteiger partial charge is 0.295 e. The van der Waals surface area contributed by atoms with Gasteiger partial charge in [-0.25, -0.2) is 0 Å². The Labute approximate surface area is 68.9 Å². The monoisotopic (exact) mass is 200 g/mol. The summed E-state index contributed by atoms with van der Waals surface area (Å²) in [4.78, 5) is 11.2. The first-order valence-corrected chi connectivity index (χ1v) is 4.15. The number of ketones is 1. The van der Waals surface area contributed by atoms with E-state index in [4.69, 9.17) is 0 Å². The molecule has 1 unspecified atom stereocenters. The van der Waals surface area contributed by atoms with E-state index in [0.29, 0.717) is 4.83 Å². The highest BCUT2D eigenvalue weighted by Gasteiger charge is 2.06. The normalized spacial score (nSPS) is 24.2. The molecule has 0 aromatic heterocycles. The number of allylic oxidation sites excluding steroid dienone is 4. The highest BCUT2D eigenvalue weighted by Crippen LogP contribution is 2.16. The van der Waals surface area contributed by atoms with Crippen LogP contribution in [0, 0.1) is 0 Å². The molecule has 0 amide bonds. The first-order valence-electron chi connectivity index (χ1n) is 3.23. The molecule has 0 fully saturated rings. The summed E-state index contributed by atoms with van der Waals surface area (Å²) in [5.74, 6) is 0.149. The first kappa shape index (κ1) is 7.73. The van der Waals surface area contributed by atoms with Crippen LogP contribution >= 0.6 is 15.9 Å². The maximum Gasteiger partial charge on any atom is 0.159 e. The second-order valence-corrected chi connectivity index (χ2v) is 3.50. The Morgan fingerprint density at radius 3 is 2.90 bits per heavy atom. The van der Waals surface area contributed by atoms with Gasteiger partial charge in [0.2, 0.25) is 0 Å². The molecule has 1 aliphatic rings. The van der Waals surface area contributed by atoms with E-state index in [9.17, 15) is 4.79 Å². The van der Waals surface area contributed by atoms with Gasteiger partial charge >= 0.3 is 0 Å². The smallest absolute Gasteiger partial charge is 0.159 e. The molecule has 0 aliphatic heterocycles. The van der Waals surface area contributed by atoms with Crippen molar-refractivity contribution in [3.05, 3.63) is 23.8 Å². The number of carbonyl (C=O) groups is 1. The number of rotatable bonds is 1. The fourth-order valence-electron chi connectivity index (χ4n) is 0.855. The van der Waals surface area contributed by atoms with E-state index in [1.807, 2.05) is 18.2 Å². The molecule has 0 saturated heterocycles. The van der Waals surface area contributed by atoms with E-state index in [0.717, 1.165) is 12.0 Å². The van der Waals surface area contributed by atoms with Crippen LogP contribution in [0.15, 0.2) is 23.8 Å². The molecule has 54 valence electrons. The molecule has 0 aromatic rings. The molecule has 0 radical (unpaired) electrons. The highest BCUT2D eigenvalue weighted by atomic mass is 79.9. The maximum absolute atomic E-state index is 10.8. The van der Waals surface area contributed by atoms with E-state index in [2.05, 4.69) is 15.9 Å². The molecule has 1 aliphatic carbocycles. The summed E-state index contributed by atoms with van der Waals surface area (Å²) in [5.41, 5.74) is 0.829. The van der Waals surface area contributed by atoms with E-state index in [-0.39, 0.29) is 5.78 Å². The molecule has 0 aromatic carbocycles. The number of alkyl halides is 1. The molecule has 0 spiro atoms. The Morgan fingerprint density at radius 1 is 1.80 bits per heavy atom. The highest BCUT2D eigenvalue weighted by molar-refractivity contribution is 9.09. The van der Waals surface area contributed by atoms with Gasteiger partial charge in [0.05, 0.1) is 0 Å². The van der Waals surface area contributed by atoms with Crippen LogP contribution in [-0.4, -0.2) is 10.6 Å². The lowest BCUT2D eigenvalue weighted by atomic mass is 10.0. The summed E-state index contributed by atoms with van der Waals surface area (Å²) in [5, 5.41) is 0. The third-order valence-corrected chi connectivity index (χ3v) is 2.13. The lowest BCUT2D eigenvalue weighted by Crippen LogP contribution is -2.01. The lowest BCUT2D eigenvalue weighted by molar-refractivity contribution is -0.113. The number of hydrogen-bond donors (Lipinski definition) is 0. The van der Waals surface area contributed by atoms with Crippen LogP contribution < -0.4 is 0 Å². The van der Waals surface area contributed by atoms with Gasteiger partial charge < -0.3 is 0 Å². The minimum atomic E-state index is 0.149. The zero-order valence-corrected chi connectivity index (χ0v) is 7.39. The Morgan fingerprint density at radius 2 is 2.50 bits per heavy atom. The van der Waals surface area contributed by atoms with Crippen molar-refractivity contribution >= 4 is 21.7 Å². The van der Waals surface area contributed by atoms with Crippen molar-refractivity contribution in [2.75, 3.05) is 0 Å². The molecular weight excluding hydrogens is 192 g/mol. The van der Waals surface area contributed by atoms with Gasteiger partial charge in [0.15, 0.2) is 5.78 Å². The quantitative estimate of drug-likeness (QED) is 0.594. The van der Waals surface area contributed by atoms with Gasteiger partial charge in [-0.1, -0.05) is 34.2 Å². The van der Waals surface area contributed by atoms with Crippen LogP contribution in [0.5, 0.6) is 0 Å². The zero-order valence-electron chi connectivity index (χ0n) is 5.80. The molecule has 0 heterocycles. The number of carbonyl (C=O) groups excluding carboxylic acids is 1. The fourth-order valence-corrected chi connectivity index (χ4v) is 1.19. The third-order valence-electron chi connectivity index (χ3n) is 1.45. The lowest BCUT2D eigenvalue weighted by Gasteiger charge is -2.06. The molecule has 1 rings (SSSR count). The summed E-state index contributed by atoms with van der Waals surface area (Å²) in [7, 11) is 0.